The molecule has 2 rings (SSSR count). The van der Waals surface area contributed by atoms with Gasteiger partial charge in [-0.1, -0.05) is 28.1 Å². The van der Waals surface area contributed by atoms with E-state index >= 15 is 0 Å². The van der Waals surface area contributed by atoms with Crippen molar-refractivity contribution in [3.63, 3.8) is 0 Å². The summed E-state index contributed by atoms with van der Waals surface area (Å²) in [6.07, 6.45) is 0. The number of nitrogens with two attached hydrogens (primary N) is 1. The van der Waals surface area contributed by atoms with Crippen molar-refractivity contribution in [1.29, 1.82) is 0 Å². The zero-order chi connectivity index (χ0) is 13.0. The third-order valence-corrected chi connectivity index (χ3v) is 4.12. The van der Waals surface area contributed by atoms with Crippen molar-refractivity contribution < 1.29 is 4.39 Å². The van der Waals surface area contributed by atoms with Gasteiger partial charge in [-0.25, -0.2) is 4.39 Å². The minimum Gasteiger partial charge on any atom is -0.326 e. The normalized spacial score (nSPS) is 10.6. The molecule has 0 aromatic heterocycles. The summed E-state index contributed by atoms with van der Waals surface area (Å²) in [5, 5.41) is 0. The monoisotopic (exact) mass is 325 g/mol. The molecule has 2 N–H and O–H groups in total. The summed E-state index contributed by atoms with van der Waals surface area (Å²) in [5.41, 5.74) is 7.35. The van der Waals surface area contributed by atoms with E-state index in [2.05, 4.69) is 15.9 Å². The highest BCUT2D eigenvalue weighted by molar-refractivity contribution is 9.10. The van der Waals surface area contributed by atoms with E-state index in [9.17, 15) is 4.39 Å². The van der Waals surface area contributed by atoms with Gasteiger partial charge in [-0.3, -0.25) is 0 Å². The summed E-state index contributed by atoms with van der Waals surface area (Å²) < 4.78 is 14.4. The van der Waals surface area contributed by atoms with Gasteiger partial charge in [-0.2, -0.15) is 0 Å². The SMILES string of the molecule is NCc1ccc(SCc2cc(Br)ccc2F)cc1. The Morgan fingerprint density at radius 3 is 2.50 bits per heavy atom. The summed E-state index contributed by atoms with van der Waals surface area (Å²) in [4.78, 5) is 1.12. The molecule has 1 nitrogen and oxygen atoms in total. The molecule has 0 spiro atoms. The van der Waals surface area contributed by atoms with Crippen molar-refractivity contribution >= 4 is 27.7 Å². The van der Waals surface area contributed by atoms with Crippen molar-refractivity contribution in [2.45, 2.75) is 17.2 Å². The van der Waals surface area contributed by atoms with Crippen molar-refractivity contribution in [2.75, 3.05) is 0 Å². The second-order valence-electron chi connectivity index (χ2n) is 3.87. The second kappa shape index (κ2) is 6.36. The quantitative estimate of drug-likeness (QED) is 0.846. The minimum absolute atomic E-state index is 0.163. The molecule has 0 aliphatic carbocycles. The number of hydrogen-bond acceptors (Lipinski definition) is 2. The van der Waals surface area contributed by atoms with Gasteiger partial charge in [0, 0.05) is 21.7 Å². The van der Waals surface area contributed by atoms with Crippen LogP contribution in [-0.4, -0.2) is 0 Å². The van der Waals surface area contributed by atoms with E-state index < -0.39 is 0 Å². The lowest BCUT2D eigenvalue weighted by Gasteiger charge is -2.05. The summed E-state index contributed by atoms with van der Waals surface area (Å²) in [6, 6.07) is 13.0. The molecule has 0 saturated heterocycles. The topological polar surface area (TPSA) is 26.0 Å². The summed E-state index contributed by atoms with van der Waals surface area (Å²) in [6.45, 7) is 0.547. The Kier molecular flexibility index (Phi) is 4.80. The minimum atomic E-state index is -0.163. The maximum Gasteiger partial charge on any atom is 0.127 e. The molecule has 18 heavy (non-hydrogen) atoms. The van der Waals surface area contributed by atoms with Gasteiger partial charge in [-0.05, 0) is 41.5 Å². The third kappa shape index (κ3) is 3.57. The molecule has 0 amide bonds. The summed E-state index contributed by atoms with van der Waals surface area (Å²) in [5.74, 6) is 0.456. The van der Waals surface area contributed by atoms with Crippen LogP contribution < -0.4 is 5.73 Å². The lowest BCUT2D eigenvalue weighted by Crippen LogP contribution is -1.95. The fourth-order valence-corrected chi connectivity index (χ4v) is 2.82. The number of benzene rings is 2. The molecular weight excluding hydrogens is 313 g/mol. The first-order valence-electron chi connectivity index (χ1n) is 5.55. The molecule has 2 aromatic carbocycles. The Labute approximate surface area is 119 Å². The molecular formula is C14H13BrFNS. The van der Waals surface area contributed by atoms with Gasteiger partial charge in [0.25, 0.3) is 0 Å². The molecule has 0 aliphatic heterocycles. The molecule has 2 aromatic rings. The molecule has 0 saturated carbocycles. The van der Waals surface area contributed by atoms with Crippen LogP contribution in [0.4, 0.5) is 4.39 Å². The van der Waals surface area contributed by atoms with E-state index in [1.54, 1.807) is 17.8 Å². The predicted molar refractivity (Wildman–Crippen MR) is 78.0 cm³/mol. The molecule has 0 aliphatic rings. The first-order valence-corrected chi connectivity index (χ1v) is 7.32. The fraction of sp³-hybridized carbons (Fsp3) is 0.143. The molecule has 0 radical (unpaired) electrons. The zero-order valence-electron chi connectivity index (χ0n) is 9.70. The van der Waals surface area contributed by atoms with Gasteiger partial charge < -0.3 is 5.73 Å². The van der Waals surface area contributed by atoms with Crippen molar-refractivity contribution in [1.82, 2.24) is 0 Å². The second-order valence-corrected chi connectivity index (χ2v) is 5.84. The van der Waals surface area contributed by atoms with E-state index in [1.807, 2.05) is 30.3 Å². The maximum absolute atomic E-state index is 13.5. The average Bonchev–Trinajstić information content (AvgIpc) is 2.40. The standard InChI is InChI=1S/C14H13BrFNS/c15-12-3-6-14(16)11(7-12)9-18-13-4-1-10(8-17)2-5-13/h1-7H,8-9,17H2. The third-order valence-electron chi connectivity index (χ3n) is 2.56. The van der Waals surface area contributed by atoms with Crippen LogP contribution in [0, 0.1) is 5.82 Å². The highest BCUT2D eigenvalue weighted by Crippen LogP contribution is 2.26. The molecule has 94 valence electrons. The van der Waals surface area contributed by atoms with Crippen LogP contribution in [0.15, 0.2) is 51.8 Å². The van der Waals surface area contributed by atoms with Gasteiger partial charge in [0.2, 0.25) is 0 Å². The highest BCUT2D eigenvalue weighted by Gasteiger charge is 2.03. The van der Waals surface area contributed by atoms with Crippen LogP contribution in [0.25, 0.3) is 0 Å². The molecule has 0 atom stereocenters. The molecule has 0 fully saturated rings. The van der Waals surface area contributed by atoms with Crippen molar-refractivity contribution in [3.8, 4) is 0 Å². The zero-order valence-corrected chi connectivity index (χ0v) is 12.1. The Morgan fingerprint density at radius 2 is 1.83 bits per heavy atom. The Balaban J connectivity index is 2.04. The predicted octanol–water partition coefficient (Wildman–Crippen LogP) is 4.34. The smallest absolute Gasteiger partial charge is 0.127 e. The van der Waals surface area contributed by atoms with Gasteiger partial charge in [-0.15, -0.1) is 11.8 Å². The number of rotatable bonds is 4. The number of thioether (sulfide) groups is 1. The van der Waals surface area contributed by atoms with Crippen LogP contribution in [0.5, 0.6) is 0 Å². The summed E-state index contributed by atoms with van der Waals surface area (Å²) in [7, 11) is 0. The molecule has 0 unspecified atom stereocenters. The fourth-order valence-electron chi connectivity index (χ4n) is 1.54. The molecule has 0 bridgehead atoms. The lowest BCUT2D eigenvalue weighted by molar-refractivity contribution is 0.617. The van der Waals surface area contributed by atoms with E-state index in [0.29, 0.717) is 17.9 Å². The van der Waals surface area contributed by atoms with Crippen LogP contribution >= 0.6 is 27.7 Å². The van der Waals surface area contributed by atoms with Crippen LogP contribution in [0.1, 0.15) is 11.1 Å². The van der Waals surface area contributed by atoms with E-state index in [1.165, 1.54) is 6.07 Å². The first kappa shape index (κ1) is 13.6. The molecule has 0 heterocycles. The Hall–Kier alpha value is -0.840. The first-order chi connectivity index (χ1) is 8.69. The van der Waals surface area contributed by atoms with E-state index in [-0.39, 0.29) is 5.82 Å². The largest absolute Gasteiger partial charge is 0.326 e. The van der Waals surface area contributed by atoms with Gasteiger partial charge in [0.15, 0.2) is 0 Å². The Bertz CT molecular complexity index is 528. The van der Waals surface area contributed by atoms with E-state index in [4.69, 9.17) is 5.73 Å². The number of hydrogen-bond donors (Lipinski definition) is 1. The summed E-state index contributed by atoms with van der Waals surface area (Å²) >= 11 is 4.97. The maximum atomic E-state index is 13.5. The molecule has 4 heteroatoms. The van der Waals surface area contributed by atoms with Crippen LogP contribution in [-0.2, 0) is 12.3 Å². The van der Waals surface area contributed by atoms with Crippen LogP contribution in [0.2, 0.25) is 0 Å². The van der Waals surface area contributed by atoms with Gasteiger partial charge in [0.1, 0.15) is 5.82 Å². The Morgan fingerprint density at radius 1 is 1.11 bits per heavy atom. The lowest BCUT2D eigenvalue weighted by atomic mass is 10.2. The van der Waals surface area contributed by atoms with Gasteiger partial charge >= 0.3 is 0 Å². The van der Waals surface area contributed by atoms with Crippen LogP contribution in [0.3, 0.4) is 0 Å². The highest BCUT2D eigenvalue weighted by atomic mass is 79.9. The van der Waals surface area contributed by atoms with E-state index in [0.717, 1.165) is 14.9 Å². The number of halogens is 2. The van der Waals surface area contributed by atoms with Crippen molar-refractivity contribution in [3.05, 3.63) is 63.9 Å². The van der Waals surface area contributed by atoms with Gasteiger partial charge in [0.05, 0.1) is 0 Å². The van der Waals surface area contributed by atoms with Crippen molar-refractivity contribution in [2.24, 2.45) is 5.73 Å². The average molecular weight is 326 g/mol.